The van der Waals surface area contributed by atoms with Crippen LogP contribution in [0.3, 0.4) is 0 Å². The minimum Gasteiger partial charge on any atom is -0.489 e. The maximum atomic E-state index is 12.3. The fraction of sp³-hybridized carbons (Fsp3) is 0.375. The lowest BCUT2D eigenvalue weighted by atomic mass is 9.76. The van der Waals surface area contributed by atoms with Crippen molar-refractivity contribution in [2.24, 2.45) is 5.41 Å². The smallest absolute Gasteiger partial charge is 0.329 e. The van der Waals surface area contributed by atoms with E-state index in [1.807, 2.05) is 31.2 Å². The van der Waals surface area contributed by atoms with Gasteiger partial charge in [-0.15, -0.1) is 0 Å². The van der Waals surface area contributed by atoms with Crippen LogP contribution >= 0.6 is 46.4 Å². The Morgan fingerprint density at radius 3 is 2.36 bits per heavy atom. The normalized spacial score (nSPS) is 18.0. The molecule has 0 spiro atoms. The van der Waals surface area contributed by atoms with E-state index in [0.29, 0.717) is 45.5 Å². The van der Waals surface area contributed by atoms with Gasteiger partial charge in [0.2, 0.25) is 0 Å². The molecular weight excluding hydrogens is 658 g/mol. The van der Waals surface area contributed by atoms with Crippen LogP contribution in [0.4, 0.5) is 4.79 Å². The highest BCUT2D eigenvalue weighted by atomic mass is 35.5. The molecule has 1 aliphatic rings. The van der Waals surface area contributed by atoms with Gasteiger partial charge in [0, 0.05) is 29.0 Å². The second kappa shape index (κ2) is 15.5. The number of carbonyl (C=O) groups is 1. The van der Waals surface area contributed by atoms with E-state index < -0.39 is 5.60 Å². The van der Waals surface area contributed by atoms with Crippen molar-refractivity contribution in [2.45, 2.75) is 52.2 Å². The quantitative estimate of drug-likeness (QED) is 0.190. The Bertz CT molecular complexity index is 1550. The summed E-state index contributed by atoms with van der Waals surface area (Å²) in [6.07, 6.45) is 12.5. The number of aliphatic hydroxyl groups is 1. The number of benzene rings is 2. The predicted octanol–water partition coefficient (Wildman–Crippen LogP) is 8.17. The minimum absolute atomic E-state index is 0.152. The van der Waals surface area contributed by atoms with Gasteiger partial charge in [-0.2, -0.15) is 5.10 Å². The first-order chi connectivity index (χ1) is 21.4. The Labute approximate surface area is 283 Å². The zero-order valence-corrected chi connectivity index (χ0v) is 28.4. The number of aromatic nitrogens is 5. The van der Waals surface area contributed by atoms with E-state index in [1.54, 1.807) is 40.4 Å². The van der Waals surface area contributed by atoms with Gasteiger partial charge in [0.05, 0.1) is 23.1 Å². The van der Waals surface area contributed by atoms with Crippen molar-refractivity contribution in [3.8, 4) is 5.75 Å². The standard InChI is InChI=1S/C17H20ClN3O.C15H16Cl3N3O2/c1-16(2)8-7-14(9-13-3-5-15(18)6-4-13)17(16,22)10-21-12-19-11-20-21;1-2-4-20(15(22)21-5-3-19-10-21)6-7-23-14-12(17)8-11(16)9-13(14)18/h3-6,9,11-12,22H,7-8,10H2,1-2H3;3,5,8-10H,2,4,6-7H2,1H3/b14-9+;. The first-order valence-corrected chi connectivity index (χ1v) is 16.0. The Morgan fingerprint density at radius 2 is 1.76 bits per heavy atom. The number of rotatable bonds is 9. The summed E-state index contributed by atoms with van der Waals surface area (Å²) in [7, 11) is 0. The molecule has 0 aliphatic heterocycles. The number of hydrogen-bond acceptors (Lipinski definition) is 6. The van der Waals surface area contributed by atoms with Crippen LogP contribution < -0.4 is 4.74 Å². The van der Waals surface area contributed by atoms with E-state index in [1.165, 1.54) is 17.2 Å². The van der Waals surface area contributed by atoms with Gasteiger partial charge in [-0.3, -0.25) is 4.57 Å². The molecule has 1 atom stereocenters. The number of amides is 1. The highest BCUT2D eigenvalue weighted by molar-refractivity contribution is 6.40. The SMILES string of the molecule is CC1(C)CC/C(=C\c2ccc(Cl)cc2)C1(O)Cn1cncn1.CCCN(CCOc1c(Cl)cc(Cl)cc1Cl)C(=O)n1ccnc1. The fourth-order valence-corrected chi connectivity index (χ4v) is 6.20. The molecule has 0 radical (unpaired) electrons. The summed E-state index contributed by atoms with van der Waals surface area (Å²) in [6, 6.07) is 10.6. The second-order valence-electron chi connectivity index (χ2n) is 11.3. The molecule has 9 nitrogen and oxygen atoms in total. The maximum Gasteiger partial charge on any atom is 0.329 e. The van der Waals surface area contributed by atoms with Crippen molar-refractivity contribution >= 4 is 58.5 Å². The van der Waals surface area contributed by atoms with Crippen LogP contribution in [0.2, 0.25) is 20.1 Å². The third kappa shape index (κ3) is 8.80. The largest absolute Gasteiger partial charge is 0.489 e. The van der Waals surface area contributed by atoms with Gasteiger partial charge in [-0.05, 0) is 60.1 Å². The average molecular weight is 694 g/mol. The summed E-state index contributed by atoms with van der Waals surface area (Å²) in [4.78, 5) is 21.9. The third-order valence-electron chi connectivity index (χ3n) is 7.80. The molecule has 240 valence electrons. The number of ether oxygens (including phenoxy) is 1. The van der Waals surface area contributed by atoms with Crippen LogP contribution in [0.25, 0.3) is 6.08 Å². The van der Waals surface area contributed by atoms with Crippen LogP contribution in [0, 0.1) is 5.41 Å². The number of carbonyl (C=O) groups excluding carboxylic acids is 1. The highest BCUT2D eigenvalue weighted by Gasteiger charge is 2.51. The summed E-state index contributed by atoms with van der Waals surface area (Å²) in [5.41, 5.74) is 0.946. The van der Waals surface area contributed by atoms with Crippen LogP contribution in [-0.2, 0) is 6.54 Å². The van der Waals surface area contributed by atoms with E-state index >= 15 is 0 Å². The molecule has 2 heterocycles. The summed E-state index contributed by atoms with van der Waals surface area (Å²) < 4.78 is 8.75. The highest BCUT2D eigenvalue weighted by Crippen LogP contribution is 2.50. The Kier molecular flexibility index (Phi) is 12.0. The lowest BCUT2D eigenvalue weighted by molar-refractivity contribution is -0.0298. The molecule has 1 fully saturated rings. The summed E-state index contributed by atoms with van der Waals surface area (Å²) in [5, 5.41) is 17.4. The third-order valence-corrected chi connectivity index (χ3v) is 8.83. The van der Waals surface area contributed by atoms with Crippen LogP contribution in [-0.4, -0.2) is 65.7 Å². The van der Waals surface area contributed by atoms with Gasteiger partial charge >= 0.3 is 6.03 Å². The zero-order chi connectivity index (χ0) is 32.6. The van der Waals surface area contributed by atoms with Crippen molar-refractivity contribution in [1.29, 1.82) is 0 Å². The maximum absolute atomic E-state index is 12.3. The van der Waals surface area contributed by atoms with Gasteiger partial charge in [0.25, 0.3) is 0 Å². The molecule has 1 unspecified atom stereocenters. The summed E-state index contributed by atoms with van der Waals surface area (Å²) in [6.45, 7) is 7.91. The molecule has 1 amide bonds. The molecule has 13 heteroatoms. The van der Waals surface area contributed by atoms with Gasteiger partial charge in [0.1, 0.15) is 31.2 Å². The summed E-state index contributed by atoms with van der Waals surface area (Å²) >= 11 is 23.9. The van der Waals surface area contributed by atoms with E-state index in [4.69, 9.17) is 51.1 Å². The molecular formula is C32H36Cl4N6O3. The van der Waals surface area contributed by atoms with E-state index in [0.717, 1.165) is 30.4 Å². The van der Waals surface area contributed by atoms with Crippen LogP contribution in [0.5, 0.6) is 5.75 Å². The van der Waals surface area contributed by atoms with Crippen molar-refractivity contribution in [3.63, 3.8) is 0 Å². The first-order valence-electron chi connectivity index (χ1n) is 14.5. The Hall–Kier alpha value is -3.08. The predicted molar refractivity (Wildman–Crippen MR) is 179 cm³/mol. The number of imidazole rings is 1. The molecule has 45 heavy (non-hydrogen) atoms. The van der Waals surface area contributed by atoms with E-state index in [9.17, 15) is 9.90 Å². The lowest BCUT2D eigenvalue weighted by Gasteiger charge is -2.37. The molecule has 2 aromatic carbocycles. The number of hydrogen-bond donors (Lipinski definition) is 1. The monoisotopic (exact) mass is 692 g/mol. The second-order valence-corrected chi connectivity index (χ2v) is 13.0. The fourth-order valence-electron chi connectivity index (χ4n) is 5.14. The van der Waals surface area contributed by atoms with E-state index in [2.05, 4.69) is 35.0 Å². The van der Waals surface area contributed by atoms with Crippen molar-refractivity contribution in [1.82, 2.24) is 29.2 Å². The molecule has 0 saturated heterocycles. The minimum atomic E-state index is -0.930. The molecule has 2 aromatic heterocycles. The topological polar surface area (TPSA) is 98.3 Å². The Balaban J connectivity index is 0.000000205. The van der Waals surface area contributed by atoms with Gasteiger partial charge in [-0.25, -0.2) is 19.4 Å². The van der Waals surface area contributed by atoms with Crippen molar-refractivity contribution in [2.75, 3.05) is 19.7 Å². The first kappa shape index (κ1) is 34.8. The molecule has 1 aliphatic carbocycles. The molecule has 1 saturated carbocycles. The van der Waals surface area contributed by atoms with Gasteiger partial charge < -0.3 is 14.7 Å². The zero-order valence-electron chi connectivity index (χ0n) is 25.3. The summed E-state index contributed by atoms with van der Waals surface area (Å²) in [5.74, 6) is 0.365. The number of halogens is 4. The van der Waals surface area contributed by atoms with Gasteiger partial charge in [-0.1, -0.05) is 85.4 Å². The molecule has 4 aromatic rings. The van der Waals surface area contributed by atoms with Crippen LogP contribution in [0.15, 0.2) is 73.3 Å². The van der Waals surface area contributed by atoms with Crippen LogP contribution in [0.1, 0.15) is 45.6 Å². The number of nitrogens with zero attached hydrogens (tertiary/aromatic N) is 6. The van der Waals surface area contributed by atoms with Crippen molar-refractivity contribution < 1.29 is 14.6 Å². The lowest BCUT2D eigenvalue weighted by Crippen LogP contribution is -2.45. The average Bonchev–Trinajstić information content (AvgIpc) is 3.75. The molecule has 0 bridgehead atoms. The molecule has 1 N–H and O–H groups in total. The Morgan fingerprint density at radius 1 is 1.04 bits per heavy atom. The van der Waals surface area contributed by atoms with Gasteiger partial charge in [0.15, 0.2) is 5.75 Å². The van der Waals surface area contributed by atoms with Crippen molar-refractivity contribution in [3.05, 3.63) is 99.0 Å². The molecule has 5 rings (SSSR count). The van der Waals surface area contributed by atoms with E-state index in [-0.39, 0.29) is 18.1 Å².